The maximum absolute atomic E-state index is 12.7. The molecule has 0 aliphatic heterocycles. The Labute approximate surface area is 92.1 Å². The van der Waals surface area contributed by atoms with E-state index in [9.17, 15) is 4.39 Å². The first-order chi connectivity index (χ1) is 7.25. The number of aromatic amines is 1. The number of hydrogen-bond donors (Lipinski definition) is 1. The molecule has 0 amide bonds. The van der Waals surface area contributed by atoms with Crippen LogP contribution in [0, 0.1) is 5.82 Å². The predicted octanol–water partition coefficient (Wildman–Crippen LogP) is 3.07. The topological polar surface area (TPSA) is 28.7 Å². The minimum absolute atomic E-state index is 0.184. The molecule has 1 N–H and O–H groups in total. The molecule has 0 aliphatic rings. The molecule has 4 heteroatoms. The molecule has 0 spiro atoms. The fraction of sp³-hybridized carbons (Fsp3) is 0.182. The standard InChI is InChI=1S/C11H10ClFN2/c12-10(7-11-14-5-6-15-11)8-1-3-9(13)4-2-8/h1-6,10H,7H2,(H,14,15). The van der Waals surface area contributed by atoms with Gasteiger partial charge in [-0.15, -0.1) is 11.6 Å². The third kappa shape index (κ3) is 2.57. The van der Waals surface area contributed by atoms with Crippen molar-refractivity contribution in [1.29, 1.82) is 0 Å². The monoisotopic (exact) mass is 224 g/mol. The number of halogens is 2. The largest absolute Gasteiger partial charge is 0.349 e. The summed E-state index contributed by atoms with van der Waals surface area (Å²) in [6, 6.07) is 6.20. The molecule has 0 fully saturated rings. The van der Waals surface area contributed by atoms with Crippen molar-refractivity contribution in [3.05, 3.63) is 53.9 Å². The summed E-state index contributed by atoms with van der Waals surface area (Å²) >= 11 is 6.17. The Balaban J connectivity index is 2.08. The number of hydrogen-bond acceptors (Lipinski definition) is 1. The van der Waals surface area contributed by atoms with E-state index in [1.807, 2.05) is 0 Å². The predicted molar refractivity (Wildman–Crippen MR) is 57.3 cm³/mol. The van der Waals surface area contributed by atoms with E-state index in [0.29, 0.717) is 6.42 Å². The van der Waals surface area contributed by atoms with Crippen LogP contribution in [0.2, 0.25) is 0 Å². The van der Waals surface area contributed by atoms with E-state index in [1.54, 1.807) is 24.5 Å². The molecule has 2 rings (SSSR count). The summed E-state index contributed by atoms with van der Waals surface area (Å²) in [6.45, 7) is 0. The van der Waals surface area contributed by atoms with Crippen LogP contribution in [0.1, 0.15) is 16.8 Å². The molecule has 0 saturated carbocycles. The molecule has 1 atom stereocenters. The maximum Gasteiger partial charge on any atom is 0.123 e. The van der Waals surface area contributed by atoms with Crippen LogP contribution < -0.4 is 0 Å². The van der Waals surface area contributed by atoms with Gasteiger partial charge in [0.1, 0.15) is 11.6 Å². The smallest absolute Gasteiger partial charge is 0.123 e. The lowest BCUT2D eigenvalue weighted by molar-refractivity contribution is 0.626. The van der Waals surface area contributed by atoms with E-state index < -0.39 is 0 Å². The van der Waals surface area contributed by atoms with Crippen LogP contribution >= 0.6 is 11.6 Å². The fourth-order valence-corrected chi connectivity index (χ4v) is 1.66. The lowest BCUT2D eigenvalue weighted by Gasteiger charge is -2.07. The number of aromatic nitrogens is 2. The molecule has 78 valence electrons. The lowest BCUT2D eigenvalue weighted by atomic mass is 10.1. The van der Waals surface area contributed by atoms with Crippen LogP contribution in [0.5, 0.6) is 0 Å². The van der Waals surface area contributed by atoms with E-state index >= 15 is 0 Å². The first kappa shape index (κ1) is 10.2. The van der Waals surface area contributed by atoms with Crippen molar-refractivity contribution in [2.24, 2.45) is 0 Å². The van der Waals surface area contributed by atoms with Gasteiger partial charge in [-0.3, -0.25) is 0 Å². The first-order valence-electron chi connectivity index (χ1n) is 4.63. The van der Waals surface area contributed by atoms with Crippen molar-refractivity contribution >= 4 is 11.6 Å². The fourth-order valence-electron chi connectivity index (χ4n) is 1.37. The molecule has 1 aromatic heterocycles. The first-order valence-corrected chi connectivity index (χ1v) is 5.07. The van der Waals surface area contributed by atoms with E-state index in [-0.39, 0.29) is 11.2 Å². The van der Waals surface area contributed by atoms with Gasteiger partial charge < -0.3 is 4.98 Å². The van der Waals surface area contributed by atoms with Crippen LogP contribution in [0.25, 0.3) is 0 Å². The highest BCUT2D eigenvalue weighted by atomic mass is 35.5. The summed E-state index contributed by atoms with van der Waals surface area (Å²) in [5, 5.41) is -0.184. The molecule has 0 bridgehead atoms. The summed E-state index contributed by atoms with van der Waals surface area (Å²) in [5.41, 5.74) is 0.898. The molecule has 1 aromatic carbocycles. The average Bonchev–Trinajstić information content (AvgIpc) is 2.71. The highest BCUT2D eigenvalue weighted by Crippen LogP contribution is 2.23. The maximum atomic E-state index is 12.7. The number of imidazole rings is 1. The van der Waals surface area contributed by atoms with E-state index in [4.69, 9.17) is 11.6 Å². The second-order valence-corrected chi connectivity index (χ2v) is 3.79. The van der Waals surface area contributed by atoms with Crippen molar-refractivity contribution in [2.75, 3.05) is 0 Å². The van der Waals surface area contributed by atoms with E-state index in [0.717, 1.165) is 11.4 Å². The molecule has 15 heavy (non-hydrogen) atoms. The lowest BCUT2D eigenvalue weighted by Crippen LogP contribution is -1.97. The van der Waals surface area contributed by atoms with Crippen LogP contribution in [0.4, 0.5) is 4.39 Å². The van der Waals surface area contributed by atoms with Gasteiger partial charge in [0, 0.05) is 18.8 Å². The number of nitrogens with one attached hydrogen (secondary N) is 1. The molecule has 2 nitrogen and oxygen atoms in total. The highest BCUT2D eigenvalue weighted by molar-refractivity contribution is 6.20. The minimum Gasteiger partial charge on any atom is -0.349 e. The van der Waals surface area contributed by atoms with Gasteiger partial charge in [-0.1, -0.05) is 12.1 Å². The van der Waals surface area contributed by atoms with Crippen molar-refractivity contribution in [1.82, 2.24) is 9.97 Å². The van der Waals surface area contributed by atoms with Gasteiger partial charge in [-0.05, 0) is 17.7 Å². The van der Waals surface area contributed by atoms with Crippen LogP contribution in [0.15, 0.2) is 36.7 Å². The molecule has 1 unspecified atom stereocenters. The molecule has 2 aromatic rings. The van der Waals surface area contributed by atoms with Gasteiger partial charge >= 0.3 is 0 Å². The number of rotatable bonds is 3. The Hall–Kier alpha value is -1.35. The molecule has 0 radical (unpaired) electrons. The van der Waals surface area contributed by atoms with Crippen molar-refractivity contribution in [3.8, 4) is 0 Å². The number of alkyl halides is 1. The molecular formula is C11H10ClFN2. The van der Waals surface area contributed by atoms with Crippen molar-refractivity contribution < 1.29 is 4.39 Å². The van der Waals surface area contributed by atoms with Crippen molar-refractivity contribution in [2.45, 2.75) is 11.8 Å². The summed E-state index contributed by atoms with van der Waals surface area (Å²) in [5.74, 6) is 0.583. The quantitative estimate of drug-likeness (QED) is 0.798. The van der Waals surface area contributed by atoms with Crippen LogP contribution in [0.3, 0.4) is 0 Å². The second-order valence-electron chi connectivity index (χ2n) is 3.26. The number of H-pyrrole nitrogens is 1. The van der Waals surface area contributed by atoms with Gasteiger partial charge in [0.15, 0.2) is 0 Å². The zero-order valence-electron chi connectivity index (χ0n) is 7.95. The zero-order valence-corrected chi connectivity index (χ0v) is 8.71. The van der Waals surface area contributed by atoms with E-state index in [1.165, 1.54) is 12.1 Å². The van der Waals surface area contributed by atoms with Crippen molar-refractivity contribution in [3.63, 3.8) is 0 Å². The Morgan fingerprint density at radius 1 is 1.33 bits per heavy atom. The molecule has 0 aliphatic carbocycles. The Morgan fingerprint density at radius 3 is 2.67 bits per heavy atom. The van der Waals surface area contributed by atoms with E-state index in [2.05, 4.69) is 9.97 Å². The Morgan fingerprint density at radius 2 is 2.07 bits per heavy atom. The summed E-state index contributed by atoms with van der Waals surface area (Å²) < 4.78 is 12.7. The molecule has 0 saturated heterocycles. The van der Waals surface area contributed by atoms with Gasteiger partial charge in [0.2, 0.25) is 0 Å². The van der Waals surface area contributed by atoms with Gasteiger partial charge in [0.25, 0.3) is 0 Å². The van der Waals surface area contributed by atoms with Gasteiger partial charge in [-0.2, -0.15) is 0 Å². The summed E-state index contributed by atoms with van der Waals surface area (Å²) in [6.07, 6.45) is 4.05. The third-order valence-corrected chi connectivity index (χ3v) is 2.57. The Kier molecular flexibility index (Phi) is 3.02. The van der Waals surface area contributed by atoms with Crippen LogP contribution in [-0.2, 0) is 6.42 Å². The number of nitrogens with zero attached hydrogens (tertiary/aromatic N) is 1. The SMILES string of the molecule is Fc1ccc(C(Cl)Cc2ncc[nH]2)cc1. The third-order valence-electron chi connectivity index (χ3n) is 2.16. The summed E-state index contributed by atoms with van der Waals surface area (Å²) in [4.78, 5) is 7.06. The summed E-state index contributed by atoms with van der Waals surface area (Å²) in [7, 11) is 0. The number of benzene rings is 1. The van der Waals surface area contributed by atoms with Gasteiger partial charge in [0.05, 0.1) is 5.38 Å². The second kappa shape index (κ2) is 4.45. The van der Waals surface area contributed by atoms with Crippen LogP contribution in [-0.4, -0.2) is 9.97 Å². The average molecular weight is 225 g/mol. The normalized spacial score (nSPS) is 12.7. The Bertz CT molecular complexity index is 411. The minimum atomic E-state index is -0.249. The molecule has 1 heterocycles. The zero-order chi connectivity index (χ0) is 10.7. The van der Waals surface area contributed by atoms with Gasteiger partial charge in [-0.25, -0.2) is 9.37 Å². The highest BCUT2D eigenvalue weighted by Gasteiger charge is 2.10. The molecular weight excluding hydrogens is 215 g/mol.